The summed E-state index contributed by atoms with van der Waals surface area (Å²) in [7, 11) is 0. The summed E-state index contributed by atoms with van der Waals surface area (Å²) in [6.07, 6.45) is 0.259. The standard InChI is InChI=1S/C12H16FN3O3/c1-2-16(14)12(19)15-6-5-8-3-4-9(11(17)18)7-10(8)13/h3-4,7H,2,5-6,14H2,1H3,(H,15,19)(H,17,18). The van der Waals surface area contributed by atoms with Crippen LogP contribution in [0.3, 0.4) is 0 Å². The van der Waals surface area contributed by atoms with E-state index in [1.54, 1.807) is 6.92 Å². The third-order valence-electron chi connectivity index (χ3n) is 2.57. The molecule has 0 unspecified atom stereocenters. The zero-order valence-corrected chi connectivity index (χ0v) is 10.5. The number of benzene rings is 1. The number of hydrogen-bond acceptors (Lipinski definition) is 3. The molecule has 0 fully saturated rings. The molecule has 0 heterocycles. The fourth-order valence-electron chi connectivity index (χ4n) is 1.43. The first-order valence-corrected chi connectivity index (χ1v) is 5.77. The monoisotopic (exact) mass is 269 g/mol. The number of nitrogens with zero attached hydrogens (tertiary/aromatic N) is 1. The zero-order valence-electron chi connectivity index (χ0n) is 10.5. The summed E-state index contributed by atoms with van der Waals surface area (Å²) in [5.74, 6) is 3.58. The number of hydrazine groups is 1. The van der Waals surface area contributed by atoms with Gasteiger partial charge in [0.05, 0.1) is 5.56 Å². The summed E-state index contributed by atoms with van der Waals surface area (Å²) in [6.45, 7) is 2.31. The van der Waals surface area contributed by atoms with Crippen LogP contribution < -0.4 is 11.2 Å². The highest BCUT2D eigenvalue weighted by atomic mass is 19.1. The summed E-state index contributed by atoms with van der Waals surface area (Å²) in [5, 5.41) is 12.2. The summed E-state index contributed by atoms with van der Waals surface area (Å²) >= 11 is 0. The molecule has 4 N–H and O–H groups in total. The maximum absolute atomic E-state index is 13.5. The van der Waals surface area contributed by atoms with E-state index in [1.165, 1.54) is 12.1 Å². The number of rotatable bonds is 5. The predicted octanol–water partition coefficient (Wildman–Crippen LogP) is 0.972. The second kappa shape index (κ2) is 6.69. The van der Waals surface area contributed by atoms with E-state index in [9.17, 15) is 14.0 Å². The van der Waals surface area contributed by atoms with Gasteiger partial charge in [-0.2, -0.15) is 0 Å². The first-order chi connectivity index (χ1) is 8.95. The van der Waals surface area contributed by atoms with Crippen LogP contribution in [0.4, 0.5) is 9.18 Å². The van der Waals surface area contributed by atoms with Gasteiger partial charge in [0.15, 0.2) is 0 Å². The lowest BCUT2D eigenvalue weighted by molar-refractivity contribution is 0.0696. The van der Waals surface area contributed by atoms with Crippen molar-refractivity contribution in [1.29, 1.82) is 0 Å². The van der Waals surface area contributed by atoms with E-state index in [1.807, 2.05) is 0 Å². The fraction of sp³-hybridized carbons (Fsp3) is 0.333. The summed E-state index contributed by atoms with van der Waals surface area (Å²) in [6, 6.07) is 3.24. The smallest absolute Gasteiger partial charge is 0.335 e. The highest BCUT2D eigenvalue weighted by Gasteiger charge is 2.09. The Morgan fingerprint density at radius 2 is 2.16 bits per heavy atom. The third-order valence-corrected chi connectivity index (χ3v) is 2.57. The van der Waals surface area contributed by atoms with Gasteiger partial charge in [-0.15, -0.1) is 0 Å². The third kappa shape index (κ3) is 4.22. The zero-order chi connectivity index (χ0) is 14.4. The molecule has 0 aliphatic carbocycles. The Morgan fingerprint density at radius 1 is 1.47 bits per heavy atom. The van der Waals surface area contributed by atoms with Gasteiger partial charge in [0.25, 0.3) is 0 Å². The minimum absolute atomic E-state index is 0.107. The Balaban J connectivity index is 2.55. The lowest BCUT2D eigenvalue weighted by atomic mass is 10.1. The van der Waals surface area contributed by atoms with Crippen LogP contribution in [0, 0.1) is 5.82 Å². The Kier molecular flexibility index (Phi) is 5.25. The molecule has 1 rings (SSSR count). The van der Waals surface area contributed by atoms with E-state index in [0.717, 1.165) is 11.1 Å². The lowest BCUT2D eigenvalue weighted by Crippen LogP contribution is -2.44. The lowest BCUT2D eigenvalue weighted by Gasteiger charge is -2.14. The summed E-state index contributed by atoms with van der Waals surface area (Å²) in [5.41, 5.74) is 0.231. The average Bonchev–Trinajstić information content (AvgIpc) is 2.39. The molecule has 1 aromatic rings. The Morgan fingerprint density at radius 3 is 2.68 bits per heavy atom. The highest BCUT2D eigenvalue weighted by Crippen LogP contribution is 2.11. The number of hydrogen-bond donors (Lipinski definition) is 3. The van der Waals surface area contributed by atoms with E-state index >= 15 is 0 Å². The minimum atomic E-state index is -1.18. The maximum Gasteiger partial charge on any atom is 0.335 e. The topological polar surface area (TPSA) is 95.7 Å². The fourth-order valence-corrected chi connectivity index (χ4v) is 1.43. The Bertz CT molecular complexity index is 479. The van der Waals surface area contributed by atoms with Gasteiger partial charge in [0, 0.05) is 13.1 Å². The molecule has 0 spiro atoms. The van der Waals surface area contributed by atoms with Gasteiger partial charge in [-0.05, 0) is 31.0 Å². The number of carboxylic acids is 1. The van der Waals surface area contributed by atoms with Crippen molar-refractivity contribution in [1.82, 2.24) is 10.3 Å². The van der Waals surface area contributed by atoms with Crippen molar-refractivity contribution in [3.63, 3.8) is 0 Å². The van der Waals surface area contributed by atoms with E-state index in [-0.39, 0.29) is 18.5 Å². The molecule has 19 heavy (non-hydrogen) atoms. The number of halogens is 1. The van der Waals surface area contributed by atoms with Crippen LogP contribution in [0.25, 0.3) is 0 Å². The SMILES string of the molecule is CCN(N)C(=O)NCCc1ccc(C(=O)O)cc1F. The van der Waals surface area contributed by atoms with Crippen molar-refractivity contribution in [2.45, 2.75) is 13.3 Å². The maximum atomic E-state index is 13.5. The normalized spacial score (nSPS) is 10.1. The molecular weight excluding hydrogens is 253 g/mol. The number of amides is 2. The number of aromatic carboxylic acids is 1. The Labute approximate surface area is 110 Å². The number of carbonyl (C=O) groups excluding carboxylic acids is 1. The van der Waals surface area contributed by atoms with Gasteiger partial charge < -0.3 is 10.4 Å². The molecule has 0 aliphatic rings. The van der Waals surface area contributed by atoms with Crippen molar-refractivity contribution >= 4 is 12.0 Å². The van der Waals surface area contributed by atoms with Crippen LogP contribution in [0.1, 0.15) is 22.8 Å². The molecule has 0 atom stereocenters. The van der Waals surface area contributed by atoms with Gasteiger partial charge in [0.1, 0.15) is 5.82 Å². The van der Waals surface area contributed by atoms with Crippen molar-refractivity contribution in [2.24, 2.45) is 5.84 Å². The van der Waals surface area contributed by atoms with Gasteiger partial charge in [-0.25, -0.2) is 19.8 Å². The van der Waals surface area contributed by atoms with Crippen LogP contribution in [0.15, 0.2) is 18.2 Å². The molecule has 0 saturated carbocycles. The first kappa shape index (κ1) is 14.9. The van der Waals surface area contributed by atoms with Crippen LogP contribution in [-0.4, -0.2) is 35.2 Å². The molecule has 1 aromatic carbocycles. The number of carbonyl (C=O) groups is 2. The number of urea groups is 1. The van der Waals surface area contributed by atoms with Crippen LogP contribution in [0.2, 0.25) is 0 Å². The molecule has 0 radical (unpaired) electrons. The van der Waals surface area contributed by atoms with Gasteiger partial charge in [0.2, 0.25) is 0 Å². The van der Waals surface area contributed by atoms with E-state index < -0.39 is 17.8 Å². The van der Waals surface area contributed by atoms with Crippen LogP contribution >= 0.6 is 0 Å². The Hall–Kier alpha value is -2.15. The van der Waals surface area contributed by atoms with Gasteiger partial charge in [-0.1, -0.05) is 6.07 Å². The number of nitrogens with one attached hydrogen (secondary N) is 1. The largest absolute Gasteiger partial charge is 0.478 e. The van der Waals surface area contributed by atoms with Crippen molar-refractivity contribution in [3.8, 4) is 0 Å². The minimum Gasteiger partial charge on any atom is -0.478 e. The molecule has 0 bridgehead atoms. The predicted molar refractivity (Wildman–Crippen MR) is 67.0 cm³/mol. The van der Waals surface area contributed by atoms with Gasteiger partial charge >= 0.3 is 12.0 Å². The van der Waals surface area contributed by atoms with Crippen LogP contribution in [-0.2, 0) is 6.42 Å². The highest BCUT2D eigenvalue weighted by molar-refractivity contribution is 5.87. The molecule has 104 valence electrons. The first-order valence-electron chi connectivity index (χ1n) is 5.77. The number of nitrogens with two attached hydrogens (primary N) is 1. The molecule has 2 amide bonds. The average molecular weight is 269 g/mol. The number of carboxylic acid groups (broad SMARTS) is 1. The molecule has 0 aliphatic heterocycles. The molecule has 0 aromatic heterocycles. The van der Waals surface area contributed by atoms with Crippen molar-refractivity contribution in [2.75, 3.05) is 13.1 Å². The van der Waals surface area contributed by atoms with E-state index in [2.05, 4.69) is 5.32 Å². The van der Waals surface area contributed by atoms with Crippen molar-refractivity contribution < 1.29 is 19.1 Å². The molecule has 6 nitrogen and oxygen atoms in total. The summed E-state index contributed by atoms with van der Waals surface area (Å²) < 4.78 is 13.5. The quantitative estimate of drug-likeness (QED) is 0.421. The second-order valence-electron chi connectivity index (χ2n) is 3.88. The molecule has 0 saturated heterocycles. The van der Waals surface area contributed by atoms with E-state index in [4.69, 9.17) is 10.9 Å². The molecule has 7 heteroatoms. The second-order valence-corrected chi connectivity index (χ2v) is 3.88. The van der Waals surface area contributed by atoms with Crippen molar-refractivity contribution in [3.05, 3.63) is 35.1 Å². The van der Waals surface area contributed by atoms with Crippen LogP contribution in [0.5, 0.6) is 0 Å². The summed E-state index contributed by atoms with van der Waals surface area (Å²) in [4.78, 5) is 21.9. The van der Waals surface area contributed by atoms with E-state index in [0.29, 0.717) is 12.1 Å². The van der Waals surface area contributed by atoms with Gasteiger partial charge in [-0.3, -0.25) is 5.01 Å². The molecular formula is C12H16FN3O3.